The van der Waals surface area contributed by atoms with Crippen molar-refractivity contribution in [3.05, 3.63) is 86.6 Å². The molecule has 29 heavy (non-hydrogen) atoms. The van der Waals surface area contributed by atoms with Crippen molar-refractivity contribution >= 4 is 28.6 Å². The number of ether oxygens (including phenoxy) is 1. The summed E-state index contributed by atoms with van der Waals surface area (Å²) in [6.45, 7) is 1.77. The van der Waals surface area contributed by atoms with Gasteiger partial charge in [0.15, 0.2) is 0 Å². The van der Waals surface area contributed by atoms with E-state index in [0.29, 0.717) is 5.69 Å². The van der Waals surface area contributed by atoms with Crippen molar-refractivity contribution < 1.29 is 14.5 Å². The van der Waals surface area contributed by atoms with Gasteiger partial charge in [-0.15, -0.1) is 11.3 Å². The molecule has 1 aromatic heterocycles. The number of amides is 1. The molecule has 0 fully saturated rings. The minimum atomic E-state index is -0.526. The molecule has 1 heterocycles. The number of nitro groups is 1. The first-order chi connectivity index (χ1) is 14.0. The SMILES string of the molecule is COc1cc([N+](=O)[O-])ccc1NC(=O)[C@@H](C)N[C@H](c1ccccc1)c1cccs1. The molecule has 2 atom stereocenters. The lowest BCUT2D eigenvalue weighted by Crippen LogP contribution is -2.40. The Bertz CT molecular complexity index is 977. The summed E-state index contributed by atoms with van der Waals surface area (Å²) in [5.74, 6) is -0.0349. The van der Waals surface area contributed by atoms with Gasteiger partial charge in [-0.2, -0.15) is 0 Å². The van der Waals surface area contributed by atoms with Crippen LogP contribution in [-0.2, 0) is 4.79 Å². The van der Waals surface area contributed by atoms with Gasteiger partial charge >= 0.3 is 0 Å². The third-order valence-corrected chi connectivity index (χ3v) is 5.36. The summed E-state index contributed by atoms with van der Waals surface area (Å²) in [4.78, 5) is 24.3. The number of thiophene rings is 1. The predicted molar refractivity (Wildman–Crippen MR) is 113 cm³/mol. The Morgan fingerprint density at radius 3 is 2.52 bits per heavy atom. The van der Waals surface area contributed by atoms with E-state index in [1.54, 1.807) is 18.3 Å². The molecule has 8 heteroatoms. The van der Waals surface area contributed by atoms with Crippen LogP contribution in [0.4, 0.5) is 11.4 Å². The number of hydrogen-bond acceptors (Lipinski definition) is 6. The lowest BCUT2D eigenvalue weighted by molar-refractivity contribution is -0.384. The molecule has 2 aromatic carbocycles. The number of hydrogen-bond donors (Lipinski definition) is 2. The van der Waals surface area contributed by atoms with E-state index in [4.69, 9.17) is 4.74 Å². The second kappa shape index (κ2) is 9.31. The summed E-state index contributed by atoms with van der Waals surface area (Å²) in [6, 6.07) is 17.3. The van der Waals surface area contributed by atoms with Gasteiger partial charge in [-0.05, 0) is 30.0 Å². The molecule has 3 rings (SSSR count). The summed E-state index contributed by atoms with van der Waals surface area (Å²) in [7, 11) is 1.40. The third-order valence-electron chi connectivity index (χ3n) is 4.42. The Labute approximate surface area is 172 Å². The van der Waals surface area contributed by atoms with E-state index in [1.807, 2.05) is 47.8 Å². The van der Waals surface area contributed by atoms with E-state index in [2.05, 4.69) is 10.6 Å². The number of rotatable bonds is 8. The zero-order valence-electron chi connectivity index (χ0n) is 16.0. The Hall–Kier alpha value is -3.23. The Kier molecular flexibility index (Phi) is 6.58. The fourth-order valence-corrected chi connectivity index (χ4v) is 3.72. The second-order valence-corrected chi connectivity index (χ2v) is 7.36. The summed E-state index contributed by atoms with van der Waals surface area (Å²) < 4.78 is 5.19. The number of carbonyl (C=O) groups is 1. The molecule has 2 N–H and O–H groups in total. The minimum Gasteiger partial charge on any atom is -0.494 e. The highest BCUT2D eigenvalue weighted by atomic mass is 32.1. The molecule has 0 saturated carbocycles. The van der Waals surface area contributed by atoms with Crippen molar-refractivity contribution in [3.8, 4) is 5.75 Å². The molecular weight excluding hydrogens is 390 g/mol. The van der Waals surface area contributed by atoms with Crippen LogP contribution >= 0.6 is 11.3 Å². The van der Waals surface area contributed by atoms with Crippen molar-refractivity contribution in [3.63, 3.8) is 0 Å². The van der Waals surface area contributed by atoms with E-state index >= 15 is 0 Å². The fourth-order valence-electron chi connectivity index (χ4n) is 2.91. The number of methoxy groups -OCH3 is 1. The van der Waals surface area contributed by atoms with Gasteiger partial charge in [-0.25, -0.2) is 0 Å². The number of nitro benzene ring substituents is 1. The van der Waals surface area contributed by atoms with Gasteiger partial charge in [0.2, 0.25) is 5.91 Å². The standard InChI is InChI=1S/C21H21N3O4S/c1-14(21(25)23-17-11-10-16(24(26)27)13-18(17)28-2)22-20(19-9-6-12-29-19)15-7-4-3-5-8-15/h3-14,20,22H,1-2H3,(H,23,25)/t14-,20-/m1/s1. The highest BCUT2D eigenvalue weighted by Gasteiger charge is 2.22. The van der Waals surface area contributed by atoms with Crippen molar-refractivity contribution in [2.45, 2.75) is 19.0 Å². The topological polar surface area (TPSA) is 93.5 Å². The van der Waals surface area contributed by atoms with Crippen LogP contribution in [0.15, 0.2) is 66.0 Å². The number of nitrogens with zero attached hydrogens (tertiary/aromatic N) is 1. The average molecular weight is 411 g/mol. The predicted octanol–water partition coefficient (Wildman–Crippen LogP) is 4.37. The zero-order valence-corrected chi connectivity index (χ0v) is 16.8. The van der Waals surface area contributed by atoms with Gasteiger partial charge in [-0.3, -0.25) is 20.2 Å². The van der Waals surface area contributed by atoms with Gasteiger partial charge in [0.25, 0.3) is 5.69 Å². The molecule has 3 aromatic rings. The lowest BCUT2D eigenvalue weighted by atomic mass is 10.0. The molecule has 0 aliphatic rings. The van der Waals surface area contributed by atoms with Crippen LogP contribution in [0.3, 0.4) is 0 Å². The van der Waals surface area contributed by atoms with E-state index in [0.717, 1.165) is 10.4 Å². The minimum absolute atomic E-state index is 0.104. The van der Waals surface area contributed by atoms with Gasteiger partial charge < -0.3 is 10.1 Å². The first kappa shape index (κ1) is 20.5. The largest absolute Gasteiger partial charge is 0.494 e. The first-order valence-electron chi connectivity index (χ1n) is 8.97. The number of carbonyl (C=O) groups excluding carboxylic acids is 1. The molecule has 0 saturated heterocycles. The molecule has 0 radical (unpaired) electrons. The highest BCUT2D eigenvalue weighted by Crippen LogP contribution is 2.30. The van der Waals surface area contributed by atoms with Gasteiger partial charge in [0, 0.05) is 10.9 Å². The highest BCUT2D eigenvalue weighted by molar-refractivity contribution is 7.10. The molecule has 150 valence electrons. The van der Waals surface area contributed by atoms with Crippen molar-refractivity contribution in [2.24, 2.45) is 0 Å². The Morgan fingerprint density at radius 2 is 1.90 bits per heavy atom. The number of anilines is 1. The van der Waals surface area contributed by atoms with Crippen LogP contribution in [0.5, 0.6) is 5.75 Å². The van der Waals surface area contributed by atoms with Crippen LogP contribution in [-0.4, -0.2) is 24.0 Å². The van der Waals surface area contributed by atoms with E-state index in [1.165, 1.54) is 25.3 Å². The summed E-state index contributed by atoms with van der Waals surface area (Å²) in [5, 5.41) is 19.1. The van der Waals surface area contributed by atoms with Crippen molar-refractivity contribution in [2.75, 3.05) is 12.4 Å². The Balaban J connectivity index is 1.76. The van der Waals surface area contributed by atoms with Gasteiger partial charge in [0.1, 0.15) is 5.75 Å². The molecule has 1 amide bonds. The maximum Gasteiger partial charge on any atom is 0.273 e. The van der Waals surface area contributed by atoms with Crippen LogP contribution in [0.2, 0.25) is 0 Å². The summed E-state index contributed by atoms with van der Waals surface area (Å²) in [6.07, 6.45) is 0. The van der Waals surface area contributed by atoms with Crippen LogP contribution in [0.1, 0.15) is 23.4 Å². The molecule has 0 unspecified atom stereocenters. The van der Waals surface area contributed by atoms with Crippen LogP contribution in [0, 0.1) is 10.1 Å². The molecular formula is C21H21N3O4S. The first-order valence-corrected chi connectivity index (χ1v) is 9.85. The van der Waals surface area contributed by atoms with Crippen LogP contribution in [0.25, 0.3) is 0 Å². The smallest absolute Gasteiger partial charge is 0.273 e. The van der Waals surface area contributed by atoms with Crippen molar-refractivity contribution in [1.82, 2.24) is 5.32 Å². The zero-order chi connectivity index (χ0) is 20.8. The normalized spacial score (nSPS) is 12.8. The molecule has 0 bridgehead atoms. The monoisotopic (exact) mass is 411 g/mol. The maximum absolute atomic E-state index is 12.8. The fraction of sp³-hybridized carbons (Fsp3) is 0.190. The van der Waals surface area contributed by atoms with Gasteiger partial charge in [0.05, 0.1) is 35.9 Å². The maximum atomic E-state index is 12.8. The quantitative estimate of drug-likeness (QED) is 0.424. The number of non-ortho nitro benzene ring substituents is 1. The van der Waals surface area contributed by atoms with Gasteiger partial charge in [-0.1, -0.05) is 36.4 Å². The molecule has 0 aliphatic heterocycles. The van der Waals surface area contributed by atoms with Crippen LogP contribution < -0.4 is 15.4 Å². The van der Waals surface area contributed by atoms with E-state index in [9.17, 15) is 14.9 Å². The average Bonchev–Trinajstić information content (AvgIpc) is 3.27. The van der Waals surface area contributed by atoms with E-state index < -0.39 is 11.0 Å². The number of nitrogens with one attached hydrogen (secondary N) is 2. The third kappa shape index (κ3) is 4.98. The Morgan fingerprint density at radius 1 is 1.14 bits per heavy atom. The van der Waals surface area contributed by atoms with Crippen molar-refractivity contribution in [1.29, 1.82) is 0 Å². The molecule has 0 spiro atoms. The molecule has 0 aliphatic carbocycles. The lowest BCUT2D eigenvalue weighted by Gasteiger charge is -2.23. The summed E-state index contributed by atoms with van der Waals surface area (Å²) >= 11 is 1.62. The summed E-state index contributed by atoms with van der Waals surface area (Å²) in [5.41, 5.74) is 1.33. The second-order valence-electron chi connectivity index (χ2n) is 6.38. The molecule has 7 nitrogen and oxygen atoms in total. The number of benzene rings is 2. The van der Waals surface area contributed by atoms with E-state index in [-0.39, 0.29) is 23.4 Å².